The first-order valence-corrected chi connectivity index (χ1v) is 7.87. The van der Waals surface area contributed by atoms with E-state index >= 15 is 0 Å². The molecule has 122 valence electrons. The van der Waals surface area contributed by atoms with Crippen LogP contribution in [-0.4, -0.2) is 29.9 Å². The summed E-state index contributed by atoms with van der Waals surface area (Å²) >= 11 is 0. The molecule has 2 aromatic rings. The van der Waals surface area contributed by atoms with Crippen molar-refractivity contribution in [1.82, 2.24) is 4.90 Å². The van der Waals surface area contributed by atoms with Crippen molar-refractivity contribution in [2.45, 2.75) is 25.3 Å². The second-order valence-corrected chi connectivity index (χ2v) is 5.94. The zero-order chi connectivity index (χ0) is 15.5. The zero-order valence-corrected chi connectivity index (χ0v) is 14.1. The minimum Gasteiger partial charge on any atom is -0.336 e. The van der Waals surface area contributed by atoms with E-state index in [2.05, 4.69) is 19.1 Å². The van der Waals surface area contributed by atoms with Crippen LogP contribution >= 0.6 is 12.4 Å². The number of hydrogen-bond acceptors (Lipinski definition) is 2. The molecule has 2 N–H and O–H groups in total. The molecular weight excluding hydrogens is 308 g/mol. The Labute approximate surface area is 143 Å². The molecule has 1 heterocycles. The summed E-state index contributed by atoms with van der Waals surface area (Å²) in [7, 11) is 0. The fourth-order valence-electron chi connectivity index (χ4n) is 3.11. The maximum atomic E-state index is 12.6. The molecule has 0 aliphatic carbocycles. The molecule has 0 unspecified atom stereocenters. The third-order valence-electron chi connectivity index (χ3n) is 4.49. The maximum Gasteiger partial charge on any atom is 0.253 e. The van der Waals surface area contributed by atoms with Gasteiger partial charge in [0, 0.05) is 30.6 Å². The number of halogens is 1. The summed E-state index contributed by atoms with van der Waals surface area (Å²) < 4.78 is 0. The molecule has 2 atom stereocenters. The van der Waals surface area contributed by atoms with E-state index in [0.717, 1.165) is 12.0 Å². The van der Waals surface area contributed by atoms with Crippen molar-refractivity contribution < 1.29 is 4.79 Å². The lowest BCUT2D eigenvalue weighted by Crippen LogP contribution is -2.32. The molecule has 0 bridgehead atoms. The van der Waals surface area contributed by atoms with Crippen molar-refractivity contribution in [2.75, 3.05) is 13.1 Å². The van der Waals surface area contributed by atoms with Crippen LogP contribution in [0, 0.1) is 0 Å². The topological polar surface area (TPSA) is 46.3 Å². The highest BCUT2D eigenvalue weighted by atomic mass is 35.5. The van der Waals surface area contributed by atoms with Crippen molar-refractivity contribution in [3.05, 3.63) is 71.3 Å². The Hall–Kier alpha value is -1.84. The molecule has 3 rings (SSSR count). The summed E-state index contributed by atoms with van der Waals surface area (Å²) in [5, 5.41) is 0. The van der Waals surface area contributed by atoms with Crippen LogP contribution in [0.1, 0.15) is 34.3 Å². The van der Waals surface area contributed by atoms with Crippen molar-refractivity contribution >= 4 is 18.3 Å². The lowest BCUT2D eigenvalue weighted by Gasteiger charge is -2.16. The standard InChI is InChI=1S/C19H22N2O.ClH/c1-2-14-8-10-16(11-9-14)19(22)21-12-17(18(20)13-21)15-6-4-3-5-7-15;/h3-11,17-18H,2,12-13,20H2,1H3;1H/t17-,18+;/m0./s1. The number of carbonyl (C=O) groups excluding carboxylic acids is 1. The number of nitrogens with two attached hydrogens (primary N) is 1. The van der Waals surface area contributed by atoms with Crippen LogP contribution in [0.15, 0.2) is 54.6 Å². The van der Waals surface area contributed by atoms with Crippen molar-refractivity contribution in [3.63, 3.8) is 0 Å². The summed E-state index contributed by atoms with van der Waals surface area (Å²) in [5.41, 5.74) is 9.48. The van der Waals surface area contributed by atoms with Crippen molar-refractivity contribution in [2.24, 2.45) is 5.73 Å². The lowest BCUT2D eigenvalue weighted by molar-refractivity contribution is 0.0789. The number of carbonyl (C=O) groups is 1. The quantitative estimate of drug-likeness (QED) is 0.939. The SMILES string of the molecule is CCc1ccc(C(=O)N2C[C@@H](N)[C@H](c3ccccc3)C2)cc1.Cl. The Balaban J connectivity index is 0.00000192. The van der Waals surface area contributed by atoms with Crippen LogP contribution in [0.3, 0.4) is 0 Å². The van der Waals surface area contributed by atoms with Gasteiger partial charge in [-0.05, 0) is 29.7 Å². The Kier molecular flexibility index (Phi) is 5.80. The first-order chi connectivity index (χ1) is 10.7. The number of aryl methyl sites for hydroxylation is 1. The van der Waals surface area contributed by atoms with E-state index in [-0.39, 0.29) is 30.3 Å². The summed E-state index contributed by atoms with van der Waals surface area (Å²) in [4.78, 5) is 14.5. The summed E-state index contributed by atoms with van der Waals surface area (Å²) in [5.74, 6) is 0.302. The molecule has 1 saturated heterocycles. The molecule has 0 saturated carbocycles. The minimum atomic E-state index is 0. The second-order valence-electron chi connectivity index (χ2n) is 5.94. The van der Waals surface area contributed by atoms with Gasteiger partial charge in [0.1, 0.15) is 0 Å². The van der Waals surface area contributed by atoms with Crippen LogP contribution in [0.4, 0.5) is 0 Å². The van der Waals surface area contributed by atoms with Crippen LogP contribution < -0.4 is 5.73 Å². The predicted molar refractivity (Wildman–Crippen MR) is 96.1 cm³/mol. The van der Waals surface area contributed by atoms with E-state index in [9.17, 15) is 4.79 Å². The highest BCUT2D eigenvalue weighted by molar-refractivity contribution is 5.94. The molecule has 1 amide bonds. The van der Waals surface area contributed by atoms with Gasteiger partial charge in [-0.15, -0.1) is 12.4 Å². The molecule has 0 aromatic heterocycles. The highest BCUT2D eigenvalue weighted by Gasteiger charge is 2.34. The van der Waals surface area contributed by atoms with Gasteiger partial charge in [0.2, 0.25) is 0 Å². The van der Waals surface area contributed by atoms with Gasteiger partial charge in [0.05, 0.1) is 0 Å². The molecule has 1 aliphatic heterocycles. The molecule has 3 nitrogen and oxygen atoms in total. The number of amides is 1. The number of nitrogens with zero attached hydrogens (tertiary/aromatic N) is 1. The van der Waals surface area contributed by atoms with E-state index in [0.29, 0.717) is 13.1 Å². The monoisotopic (exact) mass is 330 g/mol. The second kappa shape index (κ2) is 7.62. The smallest absolute Gasteiger partial charge is 0.253 e. The molecule has 1 aliphatic rings. The van der Waals surface area contributed by atoms with Gasteiger partial charge in [-0.1, -0.05) is 49.4 Å². The number of likely N-dealkylation sites (tertiary alicyclic amines) is 1. The Morgan fingerprint density at radius 2 is 1.74 bits per heavy atom. The fourth-order valence-corrected chi connectivity index (χ4v) is 3.11. The summed E-state index contributed by atoms with van der Waals surface area (Å²) in [6.07, 6.45) is 0.985. The number of rotatable bonds is 3. The highest BCUT2D eigenvalue weighted by Crippen LogP contribution is 2.27. The minimum absolute atomic E-state index is 0. The average Bonchev–Trinajstić information content (AvgIpc) is 2.97. The molecule has 4 heteroatoms. The van der Waals surface area contributed by atoms with Gasteiger partial charge in [-0.3, -0.25) is 4.79 Å². The van der Waals surface area contributed by atoms with Crippen molar-refractivity contribution in [3.8, 4) is 0 Å². The predicted octanol–water partition coefficient (Wildman–Crippen LogP) is 3.24. The van der Waals surface area contributed by atoms with E-state index < -0.39 is 0 Å². The maximum absolute atomic E-state index is 12.6. The molecule has 0 radical (unpaired) electrons. The number of hydrogen-bond donors (Lipinski definition) is 1. The summed E-state index contributed by atoms with van der Waals surface area (Å²) in [6.45, 7) is 3.42. The van der Waals surface area contributed by atoms with Gasteiger partial charge < -0.3 is 10.6 Å². The largest absolute Gasteiger partial charge is 0.336 e. The third-order valence-corrected chi connectivity index (χ3v) is 4.49. The molecule has 23 heavy (non-hydrogen) atoms. The van der Waals surface area contributed by atoms with Gasteiger partial charge in [0.25, 0.3) is 5.91 Å². The van der Waals surface area contributed by atoms with Crippen LogP contribution in [0.5, 0.6) is 0 Å². The van der Waals surface area contributed by atoms with E-state index in [1.165, 1.54) is 11.1 Å². The normalized spacial score (nSPS) is 20.2. The number of benzene rings is 2. The van der Waals surface area contributed by atoms with E-state index in [4.69, 9.17) is 5.73 Å². The first kappa shape index (κ1) is 17.5. The molecule has 1 fully saturated rings. The van der Waals surface area contributed by atoms with Gasteiger partial charge in [-0.25, -0.2) is 0 Å². The Morgan fingerprint density at radius 1 is 1.09 bits per heavy atom. The molecule has 0 spiro atoms. The van der Waals surface area contributed by atoms with E-state index in [1.54, 1.807) is 0 Å². The van der Waals surface area contributed by atoms with Crippen LogP contribution in [-0.2, 0) is 6.42 Å². The summed E-state index contributed by atoms with van der Waals surface area (Å²) in [6, 6.07) is 18.1. The molecular formula is C19H23ClN2O. The van der Waals surface area contributed by atoms with Gasteiger partial charge in [0.15, 0.2) is 0 Å². The Morgan fingerprint density at radius 3 is 2.35 bits per heavy atom. The van der Waals surface area contributed by atoms with Gasteiger partial charge >= 0.3 is 0 Å². The Bertz CT molecular complexity index is 642. The van der Waals surface area contributed by atoms with Crippen LogP contribution in [0.2, 0.25) is 0 Å². The van der Waals surface area contributed by atoms with Gasteiger partial charge in [-0.2, -0.15) is 0 Å². The van der Waals surface area contributed by atoms with E-state index in [1.807, 2.05) is 47.4 Å². The lowest BCUT2D eigenvalue weighted by atomic mass is 9.95. The molecule has 2 aromatic carbocycles. The first-order valence-electron chi connectivity index (χ1n) is 7.87. The third kappa shape index (κ3) is 3.74. The average molecular weight is 331 g/mol. The van der Waals surface area contributed by atoms with Crippen LogP contribution in [0.25, 0.3) is 0 Å². The van der Waals surface area contributed by atoms with Crippen molar-refractivity contribution in [1.29, 1.82) is 0 Å². The fraction of sp³-hybridized carbons (Fsp3) is 0.316. The zero-order valence-electron chi connectivity index (χ0n) is 13.3.